The molecule has 0 aromatic carbocycles. The fourth-order valence-corrected chi connectivity index (χ4v) is 1.69. The number of H-pyrrole nitrogens is 1. The summed E-state index contributed by atoms with van der Waals surface area (Å²) in [5, 5.41) is 18.9. The highest BCUT2D eigenvalue weighted by Crippen LogP contribution is 2.19. The van der Waals surface area contributed by atoms with Crippen LogP contribution >= 0.6 is 0 Å². The number of aryl methyl sites for hydroxylation is 1. The summed E-state index contributed by atoms with van der Waals surface area (Å²) in [5.74, 6) is 0.0485. The van der Waals surface area contributed by atoms with Crippen LogP contribution < -0.4 is 0 Å². The van der Waals surface area contributed by atoms with Crippen molar-refractivity contribution in [2.24, 2.45) is 0 Å². The van der Waals surface area contributed by atoms with Crippen LogP contribution in [0.25, 0.3) is 0 Å². The molecule has 0 spiro atoms. The zero-order valence-electron chi connectivity index (χ0n) is 10.9. The minimum atomic E-state index is -1.03. The highest BCUT2D eigenvalue weighted by molar-refractivity contribution is 5.86. The van der Waals surface area contributed by atoms with E-state index in [1.165, 1.54) is 6.20 Å². The molecule has 0 saturated heterocycles. The van der Waals surface area contributed by atoms with Crippen molar-refractivity contribution in [1.29, 1.82) is 0 Å². The molecule has 8 nitrogen and oxygen atoms in total. The first kappa shape index (κ1) is 13.2. The third-order valence-electron chi connectivity index (χ3n) is 2.91. The van der Waals surface area contributed by atoms with Gasteiger partial charge < -0.3 is 9.63 Å². The van der Waals surface area contributed by atoms with E-state index in [1.807, 2.05) is 18.9 Å². The molecule has 1 unspecified atom stereocenters. The lowest BCUT2D eigenvalue weighted by molar-refractivity contribution is 0.0687. The average molecular weight is 265 g/mol. The molecule has 0 fully saturated rings. The molecule has 19 heavy (non-hydrogen) atoms. The molecule has 2 aromatic heterocycles. The summed E-state index contributed by atoms with van der Waals surface area (Å²) in [6.07, 6.45) is 1.51. The lowest BCUT2D eigenvalue weighted by Crippen LogP contribution is -2.23. The molecular formula is C11H15N5O3. The zero-order chi connectivity index (χ0) is 14.0. The number of hydrogen-bond acceptors (Lipinski definition) is 6. The number of carboxylic acids is 1. The fraction of sp³-hybridized carbons (Fsp3) is 0.455. The number of hydrogen-bond donors (Lipinski definition) is 2. The second-order valence-electron chi connectivity index (χ2n) is 4.35. The molecule has 102 valence electrons. The molecule has 2 aromatic rings. The van der Waals surface area contributed by atoms with E-state index in [2.05, 4.69) is 20.3 Å². The highest BCUT2D eigenvalue weighted by atomic mass is 16.5. The number of nitrogens with one attached hydrogen (secondary N) is 1. The molecule has 0 bridgehead atoms. The van der Waals surface area contributed by atoms with Crippen molar-refractivity contribution in [3.8, 4) is 0 Å². The van der Waals surface area contributed by atoms with Crippen LogP contribution in [0.4, 0.5) is 0 Å². The van der Waals surface area contributed by atoms with E-state index < -0.39 is 5.97 Å². The monoisotopic (exact) mass is 265 g/mol. The molecule has 2 rings (SSSR count). The fourth-order valence-electron chi connectivity index (χ4n) is 1.69. The van der Waals surface area contributed by atoms with E-state index in [0.29, 0.717) is 23.8 Å². The van der Waals surface area contributed by atoms with Crippen LogP contribution in [0.1, 0.15) is 40.7 Å². The average Bonchev–Trinajstić information content (AvgIpc) is 2.97. The second-order valence-corrected chi connectivity index (χ2v) is 4.35. The standard InChI is InChI=1S/C11H15N5O3/c1-6(10-13-7(2)15-19-10)16(3)5-8-4-12-14-9(8)11(17)18/h4,6H,5H2,1-3H3,(H,12,14)(H,17,18). The summed E-state index contributed by atoms with van der Waals surface area (Å²) in [6, 6.07) is -0.113. The maximum Gasteiger partial charge on any atom is 0.354 e. The molecule has 0 aliphatic carbocycles. The third kappa shape index (κ3) is 2.79. The van der Waals surface area contributed by atoms with Gasteiger partial charge in [-0.1, -0.05) is 5.16 Å². The van der Waals surface area contributed by atoms with E-state index in [1.54, 1.807) is 6.92 Å². The maximum absolute atomic E-state index is 11.0. The van der Waals surface area contributed by atoms with Crippen molar-refractivity contribution in [2.75, 3.05) is 7.05 Å². The molecule has 0 aliphatic rings. The van der Waals surface area contributed by atoms with Gasteiger partial charge in [-0.3, -0.25) is 10.00 Å². The van der Waals surface area contributed by atoms with Crippen LogP contribution in [-0.4, -0.2) is 43.4 Å². The minimum Gasteiger partial charge on any atom is -0.477 e. The van der Waals surface area contributed by atoms with Crippen LogP contribution in [-0.2, 0) is 6.54 Å². The van der Waals surface area contributed by atoms with Gasteiger partial charge in [0, 0.05) is 12.1 Å². The smallest absolute Gasteiger partial charge is 0.354 e. The van der Waals surface area contributed by atoms with Gasteiger partial charge in [-0.15, -0.1) is 0 Å². The molecule has 0 saturated carbocycles. The van der Waals surface area contributed by atoms with Crippen LogP contribution in [0.2, 0.25) is 0 Å². The Morgan fingerprint density at radius 2 is 2.37 bits per heavy atom. The summed E-state index contributed by atoms with van der Waals surface area (Å²) >= 11 is 0. The number of nitrogens with zero attached hydrogens (tertiary/aromatic N) is 4. The largest absolute Gasteiger partial charge is 0.477 e. The minimum absolute atomic E-state index is 0.0979. The van der Waals surface area contributed by atoms with Crippen LogP contribution in [0.5, 0.6) is 0 Å². The lowest BCUT2D eigenvalue weighted by Gasteiger charge is -2.20. The van der Waals surface area contributed by atoms with E-state index in [9.17, 15) is 4.79 Å². The Morgan fingerprint density at radius 3 is 2.95 bits per heavy atom. The lowest BCUT2D eigenvalue weighted by atomic mass is 10.2. The molecule has 2 heterocycles. The molecule has 0 aliphatic heterocycles. The number of carbonyl (C=O) groups is 1. The van der Waals surface area contributed by atoms with Gasteiger partial charge in [0.25, 0.3) is 0 Å². The van der Waals surface area contributed by atoms with Crippen LogP contribution in [0.3, 0.4) is 0 Å². The number of aromatic carboxylic acids is 1. The first-order chi connectivity index (χ1) is 8.99. The molecule has 1 atom stereocenters. The van der Waals surface area contributed by atoms with Gasteiger partial charge in [-0.2, -0.15) is 10.1 Å². The van der Waals surface area contributed by atoms with Gasteiger partial charge in [0.15, 0.2) is 5.82 Å². The second kappa shape index (κ2) is 5.19. The Morgan fingerprint density at radius 1 is 1.63 bits per heavy atom. The molecule has 2 N–H and O–H groups in total. The van der Waals surface area contributed by atoms with Crippen LogP contribution in [0.15, 0.2) is 10.7 Å². The summed E-state index contributed by atoms with van der Waals surface area (Å²) in [6.45, 7) is 4.08. The van der Waals surface area contributed by atoms with E-state index >= 15 is 0 Å². The summed E-state index contributed by atoms with van der Waals surface area (Å²) in [5.41, 5.74) is 0.707. The van der Waals surface area contributed by atoms with E-state index in [4.69, 9.17) is 9.63 Å². The predicted octanol–water partition coefficient (Wildman–Crippen LogP) is 0.992. The number of carboxylic acid groups (broad SMARTS) is 1. The number of aromatic amines is 1. The van der Waals surface area contributed by atoms with Crippen molar-refractivity contribution in [3.05, 3.63) is 29.2 Å². The van der Waals surface area contributed by atoms with Gasteiger partial charge in [0.1, 0.15) is 5.69 Å². The maximum atomic E-state index is 11.0. The van der Waals surface area contributed by atoms with Crippen molar-refractivity contribution < 1.29 is 14.4 Å². The Labute approximate surface area is 109 Å². The Hall–Kier alpha value is -2.22. The number of rotatable bonds is 5. The van der Waals surface area contributed by atoms with Crippen molar-refractivity contribution in [3.63, 3.8) is 0 Å². The van der Waals surface area contributed by atoms with Crippen molar-refractivity contribution >= 4 is 5.97 Å². The van der Waals surface area contributed by atoms with E-state index in [-0.39, 0.29) is 11.7 Å². The molecular weight excluding hydrogens is 250 g/mol. The van der Waals surface area contributed by atoms with Crippen molar-refractivity contribution in [2.45, 2.75) is 26.4 Å². The number of aromatic nitrogens is 4. The topological polar surface area (TPSA) is 108 Å². The van der Waals surface area contributed by atoms with Crippen molar-refractivity contribution in [1.82, 2.24) is 25.2 Å². The Balaban J connectivity index is 2.10. The summed E-state index contributed by atoms with van der Waals surface area (Å²) in [4.78, 5) is 17.0. The van der Waals surface area contributed by atoms with Gasteiger partial charge in [0.05, 0.1) is 12.2 Å². The SMILES string of the molecule is Cc1noc(C(C)N(C)Cc2cn[nH]c2C(=O)O)n1. The third-order valence-corrected chi connectivity index (χ3v) is 2.91. The molecule has 0 amide bonds. The quantitative estimate of drug-likeness (QED) is 0.829. The van der Waals surface area contributed by atoms with Gasteiger partial charge in [-0.05, 0) is 20.9 Å². The van der Waals surface area contributed by atoms with Gasteiger partial charge >= 0.3 is 5.97 Å². The summed E-state index contributed by atoms with van der Waals surface area (Å²) in [7, 11) is 1.85. The normalized spacial score (nSPS) is 12.8. The summed E-state index contributed by atoms with van der Waals surface area (Å²) < 4.78 is 5.10. The zero-order valence-corrected chi connectivity index (χ0v) is 10.9. The molecule has 8 heteroatoms. The predicted molar refractivity (Wildman–Crippen MR) is 64.5 cm³/mol. The first-order valence-corrected chi connectivity index (χ1v) is 5.75. The molecule has 0 radical (unpaired) electrons. The van der Waals surface area contributed by atoms with Crippen LogP contribution in [0, 0.1) is 6.92 Å². The van der Waals surface area contributed by atoms with Gasteiger partial charge in [-0.25, -0.2) is 4.79 Å². The first-order valence-electron chi connectivity index (χ1n) is 5.75. The van der Waals surface area contributed by atoms with Gasteiger partial charge in [0.2, 0.25) is 5.89 Å². The van der Waals surface area contributed by atoms with E-state index in [0.717, 1.165) is 0 Å². The Bertz CT molecular complexity index is 576. The Kier molecular flexibility index (Phi) is 3.61. The highest BCUT2D eigenvalue weighted by Gasteiger charge is 2.21.